The summed E-state index contributed by atoms with van der Waals surface area (Å²) in [5.41, 5.74) is 2.74. The topological polar surface area (TPSA) is 82.6 Å². The van der Waals surface area contributed by atoms with Crippen LogP contribution in [0.25, 0.3) is 11.3 Å². The third kappa shape index (κ3) is 6.36. The molecule has 1 aromatic heterocycles. The van der Waals surface area contributed by atoms with Crippen LogP contribution in [0.5, 0.6) is 17.2 Å². The number of benzene rings is 2. The van der Waals surface area contributed by atoms with E-state index in [1.807, 2.05) is 54.6 Å². The Kier molecular flexibility index (Phi) is 8.12. The number of rotatable bonds is 10. The number of thioether (sulfide) groups is 1. The predicted molar refractivity (Wildman–Crippen MR) is 121 cm³/mol. The van der Waals surface area contributed by atoms with Crippen molar-refractivity contribution in [3.8, 4) is 28.5 Å². The first kappa shape index (κ1) is 22.4. The van der Waals surface area contributed by atoms with Gasteiger partial charge in [0.2, 0.25) is 5.91 Å². The maximum absolute atomic E-state index is 12.2. The molecule has 2 aromatic carbocycles. The van der Waals surface area contributed by atoms with E-state index in [9.17, 15) is 4.79 Å². The highest BCUT2D eigenvalue weighted by atomic mass is 32.2. The van der Waals surface area contributed by atoms with Crippen molar-refractivity contribution in [2.24, 2.45) is 0 Å². The van der Waals surface area contributed by atoms with Crippen molar-refractivity contribution >= 4 is 17.7 Å². The molecule has 8 heteroatoms. The number of nitrogens with one attached hydrogen (secondary N) is 1. The van der Waals surface area contributed by atoms with Crippen molar-refractivity contribution < 1.29 is 19.0 Å². The minimum atomic E-state index is -0.0517. The average Bonchev–Trinajstić information content (AvgIpc) is 2.83. The number of carbonyl (C=O) groups is 1. The van der Waals surface area contributed by atoms with Gasteiger partial charge in [-0.25, -0.2) is 0 Å². The summed E-state index contributed by atoms with van der Waals surface area (Å²) < 4.78 is 15.8. The normalized spacial score (nSPS) is 10.4. The van der Waals surface area contributed by atoms with Crippen LogP contribution in [0, 0.1) is 0 Å². The van der Waals surface area contributed by atoms with Gasteiger partial charge < -0.3 is 19.5 Å². The highest BCUT2D eigenvalue weighted by Gasteiger charge is 2.08. The molecule has 0 unspecified atom stereocenters. The van der Waals surface area contributed by atoms with E-state index < -0.39 is 0 Å². The van der Waals surface area contributed by atoms with Gasteiger partial charge in [0, 0.05) is 12.1 Å². The summed E-state index contributed by atoms with van der Waals surface area (Å²) >= 11 is 1.35. The first-order chi connectivity index (χ1) is 15.1. The fourth-order valence-corrected chi connectivity index (χ4v) is 3.55. The first-order valence-electron chi connectivity index (χ1n) is 9.71. The van der Waals surface area contributed by atoms with Gasteiger partial charge in [-0.1, -0.05) is 30.0 Å². The molecule has 0 spiro atoms. The molecule has 3 rings (SSSR count). The lowest BCUT2D eigenvalue weighted by Crippen LogP contribution is -2.27. The Morgan fingerprint density at radius 1 is 0.935 bits per heavy atom. The molecule has 7 nitrogen and oxygen atoms in total. The molecule has 0 atom stereocenters. The molecule has 3 aromatic rings. The molecule has 1 heterocycles. The quantitative estimate of drug-likeness (QED) is 0.483. The maximum atomic E-state index is 12.2. The molecule has 0 aliphatic rings. The van der Waals surface area contributed by atoms with Crippen LogP contribution in [0.15, 0.2) is 59.6 Å². The average molecular weight is 440 g/mol. The Balaban J connectivity index is 1.45. The lowest BCUT2D eigenvalue weighted by Gasteiger charge is -2.10. The summed E-state index contributed by atoms with van der Waals surface area (Å²) in [4.78, 5) is 12.2. The van der Waals surface area contributed by atoms with Crippen molar-refractivity contribution in [1.82, 2.24) is 15.5 Å². The molecule has 0 bridgehead atoms. The van der Waals surface area contributed by atoms with Crippen LogP contribution in [-0.4, -0.2) is 49.7 Å². The van der Waals surface area contributed by atoms with E-state index in [1.54, 1.807) is 21.3 Å². The number of ether oxygens (including phenoxy) is 3. The Hall–Kier alpha value is -3.26. The van der Waals surface area contributed by atoms with Gasteiger partial charge in [0.05, 0.1) is 32.8 Å². The maximum Gasteiger partial charge on any atom is 0.230 e. The van der Waals surface area contributed by atoms with Gasteiger partial charge >= 0.3 is 0 Å². The van der Waals surface area contributed by atoms with Crippen LogP contribution in [0.4, 0.5) is 0 Å². The van der Waals surface area contributed by atoms with E-state index in [4.69, 9.17) is 14.2 Å². The molecule has 1 N–H and O–H groups in total. The zero-order valence-corrected chi connectivity index (χ0v) is 18.6. The van der Waals surface area contributed by atoms with E-state index in [-0.39, 0.29) is 11.7 Å². The lowest BCUT2D eigenvalue weighted by atomic mass is 10.1. The second kappa shape index (κ2) is 11.2. The standard InChI is InChI=1S/C23H25N3O4S/c1-28-18-6-4-5-17(14-18)19-8-10-23(26-25-19)31-15-22(27)24-12-11-16-7-9-20(29-2)21(13-16)30-3/h4-10,13-14H,11-12,15H2,1-3H3,(H,24,27). The van der Waals surface area contributed by atoms with Crippen molar-refractivity contribution in [2.45, 2.75) is 11.4 Å². The number of hydrogen-bond acceptors (Lipinski definition) is 7. The Bertz CT molecular complexity index is 1010. The molecule has 162 valence electrons. The van der Waals surface area contributed by atoms with Crippen molar-refractivity contribution in [1.29, 1.82) is 0 Å². The minimum Gasteiger partial charge on any atom is -0.497 e. The summed E-state index contributed by atoms with van der Waals surface area (Å²) in [5, 5.41) is 12.1. The number of methoxy groups -OCH3 is 3. The Labute approximate surface area is 186 Å². The van der Waals surface area contributed by atoms with Crippen molar-refractivity contribution in [3.05, 3.63) is 60.2 Å². The highest BCUT2D eigenvalue weighted by molar-refractivity contribution is 7.99. The zero-order valence-electron chi connectivity index (χ0n) is 17.8. The third-order valence-electron chi connectivity index (χ3n) is 4.54. The van der Waals surface area contributed by atoms with E-state index >= 15 is 0 Å². The van der Waals surface area contributed by atoms with Gasteiger partial charge in [0.1, 0.15) is 10.8 Å². The number of amides is 1. The largest absolute Gasteiger partial charge is 0.497 e. The SMILES string of the molecule is COc1cccc(-c2ccc(SCC(=O)NCCc3ccc(OC)c(OC)c3)nn2)c1. The summed E-state index contributed by atoms with van der Waals surface area (Å²) in [6, 6.07) is 17.1. The smallest absolute Gasteiger partial charge is 0.230 e. The zero-order chi connectivity index (χ0) is 22.1. The minimum absolute atomic E-state index is 0.0517. The van der Waals surface area contributed by atoms with Gasteiger partial charge in [0.25, 0.3) is 0 Å². The van der Waals surface area contributed by atoms with Crippen LogP contribution in [-0.2, 0) is 11.2 Å². The van der Waals surface area contributed by atoms with Crippen LogP contribution in [0.2, 0.25) is 0 Å². The van der Waals surface area contributed by atoms with E-state index in [0.29, 0.717) is 29.5 Å². The fraction of sp³-hybridized carbons (Fsp3) is 0.261. The summed E-state index contributed by atoms with van der Waals surface area (Å²) in [5.74, 6) is 2.36. The fourth-order valence-electron chi connectivity index (χ4n) is 2.91. The van der Waals surface area contributed by atoms with Gasteiger partial charge in [0.15, 0.2) is 11.5 Å². The van der Waals surface area contributed by atoms with Crippen molar-refractivity contribution in [3.63, 3.8) is 0 Å². The van der Waals surface area contributed by atoms with E-state index in [2.05, 4.69) is 15.5 Å². The van der Waals surface area contributed by atoms with E-state index in [0.717, 1.165) is 22.6 Å². The molecule has 0 aliphatic heterocycles. The summed E-state index contributed by atoms with van der Waals surface area (Å²) in [6.07, 6.45) is 0.700. The van der Waals surface area contributed by atoms with Gasteiger partial charge in [-0.15, -0.1) is 10.2 Å². The highest BCUT2D eigenvalue weighted by Crippen LogP contribution is 2.27. The Morgan fingerprint density at radius 3 is 2.48 bits per heavy atom. The molecule has 0 radical (unpaired) electrons. The number of carbonyl (C=O) groups excluding carboxylic acids is 1. The van der Waals surface area contributed by atoms with E-state index in [1.165, 1.54) is 11.8 Å². The molecule has 0 saturated heterocycles. The van der Waals surface area contributed by atoms with Gasteiger partial charge in [-0.05, 0) is 48.4 Å². The molecule has 31 heavy (non-hydrogen) atoms. The third-order valence-corrected chi connectivity index (χ3v) is 5.46. The van der Waals surface area contributed by atoms with Crippen LogP contribution >= 0.6 is 11.8 Å². The molecule has 0 saturated carbocycles. The lowest BCUT2D eigenvalue weighted by molar-refractivity contribution is -0.118. The van der Waals surface area contributed by atoms with Gasteiger partial charge in [-0.2, -0.15) is 0 Å². The summed E-state index contributed by atoms with van der Waals surface area (Å²) in [7, 11) is 4.84. The summed E-state index contributed by atoms with van der Waals surface area (Å²) in [6.45, 7) is 0.537. The molecule has 1 amide bonds. The number of nitrogens with zero attached hydrogens (tertiary/aromatic N) is 2. The molecule has 0 fully saturated rings. The predicted octanol–water partition coefficient (Wildman–Crippen LogP) is 3.62. The van der Waals surface area contributed by atoms with Crippen LogP contribution < -0.4 is 19.5 Å². The van der Waals surface area contributed by atoms with Gasteiger partial charge in [-0.3, -0.25) is 4.79 Å². The second-order valence-electron chi connectivity index (χ2n) is 6.57. The first-order valence-corrected chi connectivity index (χ1v) is 10.7. The molecule has 0 aliphatic carbocycles. The van der Waals surface area contributed by atoms with Crippen LogP contribution in [0.3, 0.4) is 0 Å². The number of hydrogen-bond donors (Lipinski definition) is 1. The molecular formula is C23H25N3O4S. The van der Waals surface area contributed by atoms with Crippen molar-refractivity contribution in [2.75, 3.05) is 33.6 Å². The Morgan fingerprint density at radius 2 is 1.77 bits per heavy atom. The number of aromatic nitrogens is 2. The van der Waals surface area contributed by atoms with Crippen LogP contribution in [0.1, 0.15) is 5.56 Å². The second-order valence-corrected chi connectivity index (χ2v) is 7.56. The monoisotopic (exact) mass is 439 g/mol. The molecular weight excluding hydrogens is 414 g/mol.